The number of fused-ring (bicyclic) bond motifs is 2. The number of phenols is 1. The zero-order valence-electron chi connectivity index (χ0n) is 12.8. The van der Waals surface area contributed by atoms with Crippen LogP contribution in [-0.2, 0) is 0 Å². The van der Waals surface area contributed by atoms with E-state index in [4.69, 9.17) is 9.47 Å². The van der Waals surface area contributed by atoms with Gasteiger partial charge in [0, 0.05) is 23.7 Å². The van der Waals surface area contributed by atoms with E-state index in [0.29, 0.717) is 28.3 Å². The number of pyridine rings is 1. The largest absolute Gasteiger partial charge is 0.504 e. The lowest BCUT2D eigenvalue weighted by molar-refractivity contribution is 0.374. The minimum atomic E-state index is 0.0181. The van der Waals surface area contributed by atoms with Crippen LogP contribution in [0.5, 0.6) is 23.1 Å². The molecule has 0 amide bonds. The second kappa shape index (κ2) is 5.66. The molecule has 0 aliphatic rings. The molecule has 0 spiro atoms. The van der Waals surface area contributed by atoms with Crippen LogP contribution in [0, 0.1) is 0 Å². The molecule has 2 aromatic heterocycles. The zero-order chi connectivity index (χ0) is 16.5. The van der Waals surface area contributed by atoms with Gasteiger partial charge >= 0.3 is 0 Å². The Morgan fingerprint density at radius 3 is 2.75 bits per heavy atom. The van der Waals surface area contributed by atoms with Crippen LogP contribution >= 0.6 is 0 Å². The van der Waals surface area contributed by atoms with Crippen molar-refractivity contribution in [1.29, 1.82) is 0 Å². The summed E-state index contributed by atoms with van der Waals surface area (Å²) in [6.45, 7) is 0. The van der Waals surface area contributed by atoms with Crippen molar-refractivity contribution in [1.82, 2.24) is 15.0 Å². The molecule has 0 aliphatic carbocycles. The third-order valence-electron chi connectivity index (χ3n) is 3.69. The van der Waals surface area contributed by atoms with Crippen molar-refractivity contribution in [2.24, 2.45) is 0 Å². The van der Waals surface area contributed by atoms with Gasteiger partial charge in [-0.3, -0.25) is 4.98 Å². The monoisotopic (exact) mass is 319 g/mol. The smallest absolute Gasteiger partial charge is 0.230 e. The molecule has 0 unspecified atom stereocenters. The molecule has 1 N–H and O–H groups in total. The molecule has 0 radical (unpaired) electrons. The number of hydrogen-bond acceptors (Lipinski definition) is 6. The van der Waals surface area contributed by atoms with Crippen LogP contribution in [0.4, 0.5) is 0 Å². The molecule has 0 atom stereocenters. The second-order valence-corrected chi connectivity index (χ2v) is 5.18. The molecule has 6 nitrogen and oxygen atoms in total. The first-order chi connectivity index (χ1) is 11.7. The normalized spacial score (nSPS) is 10.9. The van der Waals surface area contributed by atoms with E-state index in [1.54, 1.807) is 12.3 Å². The summed E-state index contributed by atoms with van der Waals surface area (Å²) in [5.41, 5.74) is 1.40. The van der Waals surface area contributed by atoms with Crippen molar-refractivity contribution >= 4 is 21.8 Å². The average molecular weight is 319 g/mol. The molecule has 4 rings (SSSR count). The molecule has 24 heavy (non-hydrogen) atoms. The summed E-state index contributed by atoms with van der Waals surface area (Å²) in [7, 11) is 1.49. The average Bonchev–Trinajstić information content (AvgIpc) is 2.61. The van der Waals surface area contributed by atoms with Crippen molar-refractivity contribution < 1.29 is 14.6 Å². The van der Waals surface area contributed by atoms with Gasteiger partial charge in [-0.25, -0.2) is 9.97 Å². The second-order valence-electron chi connectivity index (χ2n) is 5.18. The van der Waals surface area contributed by atoms with Crippen LogP contribution in [0.25, 0.3) is 21.8 Å². The van der Waals surface area contributed by atoms with E-state index in [1.807, 2.05) is 30.3 Å². The summed E-state index contributed by atoms with van der Waals surface area (Å²) >= 11 is 0. The molecule has 0 aliphatic heterocycles. The van der Waals surface area contributed by atoms with Gasteiger partial charge in [0.2, 0.25) is 5.88 Å². The van der Waals surface area contributed by atoms with Gasteiger partial charge in [0.1, 0.15) is 12.1 Å². The number of benzene rings is 2. The van der Waals surface area contributed by atoms with Crippen molar-refractivity contribution in [3.05, 3.63) is 55.0 Å². The van der Waals surface area contributed by atoms with E-state index >= 15 is 0 Å². The Morgan fingerprint density at radius 1 is 0.958 bits per heavy atom. The predicted molar refractivity (Wildman–Crippen MR) is 89.6 cm³/mol. The lowest BCUT2D eigenvalue weighted by Gasteiger charge is -2.10. The van der Waals surface area contributed by atoms with Crippen LogP contribution in [0.3, 0.4) is 0 Å². The molecule has 118 valence electrons. The first-order valence-corrected chi connectivity index (χ1v) is 7.29. The lowest BCUT2D eigenvalue weighted by Crippen LogP contribution is -1.93. The third-order valence-corrected chi connectivity index (χ3v) is 3.69. The predicted octanol–water partition coefficient (Wildman–Crippen LogP) is 3.68. The van der Waals surface area contributed by atoms with E-state index in [-0.39, 0.29) is 5.75 Å². The number of nitrogens with zero attached hydrogens (tertiary/aromatic N) is 3. The van der Waals surface area contributed by atoms with Crippen LogP contribution < -0.4 is 9.47 Å². The molecule has 0 bridgehead atoms. The van der Waals surface area contributed by atoms with E-state index in [1.165, 1.54) is 19.5 Å². The molecule has 4 aromatic rings. The number of methoxy groups -OCH3 is 1. The number of aromatic hydroxyl groups is 1. The van der Waals surface area contributed by atoms with Crippen LogP contribution in [-0.4, -0.2) is 27.2 Å². The minimum absolute atomic E-state index is 0.0181. The van der Waals surface area contributed by atoms with Crippen molar-refractivity contribution in [2.45, 2.75) is 0 Å². The highest BCUT2D eigenvalue weighted by molar-refractivity contribution is 5.87. The number of aromatic nitrogens is 3. The third kappa shape index (κ3) is 2.44. The van der Waals surface area contributed by atoms with Gasteiger partial charge in [-0.2, -0.15) is 0 Å². The topological polar surface area (TPSA) is 77.4 Å². The molecule has 0 fully saturated rings. The van der Waals surface area contributed by atoms with E-state index in [2.05, 4.69) is 15.0 Å². The standard InChI is InChI=1S/C18H13N3O3/c1-23-17-8-13-15(9-16(17)22)20-10-21-18(13)24-12-5-4-11-3-2-6-19-14(11)7-12/h2-10,22H,1H3. The Bertz CT molecular complexity index is 1050. The van der Waals surface area contributed by atoms with Gasteiger partial charge in [0.15, 0.2) is 11.5 Å². The molecule has 0 saturated heterocycles. The van der Waals surface area contributed by atoms with E-state index < -0.39 is 0 Å². The molecule has 2 aromatic carbocycles. The summed E-state index contributed by atoms with van der Waals surface area (Å²) in [5, 5.41) is 11.6. The summed E-state index contributed by atoms with van der Waals surface area (Å²) in [4.78, 5) is 12.7. The number of hydrogen-bond donors (Lipinski definition) is 1. The highest BCUT2D eigenvalue weighted by atomic mass is 16.5. The quantitative estimate of drug-likeness (QED) is 0.620. The van der Waals surface area contributed by atoms with Crippen LogP contribution in [0.2, 0.25) is 0 Å². The Morgan fingerprint density at radius 2 is 1.88 bits per heavy atom. The fourth-order valence-electron chi connectivity index (χ4n) is 2.51. The van der Waals surface area contributed by atoms with Gasteiger partial charge in [0.05, 0.1) is 23.5 Å². The van der Waals surface area contributed by atoms with Gasteiger partial charge in [-0.1, -0.05) is 6.07 Å². The fourth-order valence-corrected chi connectivity index (χ4v) is 2.51. The molecular weight excluding hydrogens is 306 g/mol. The maximum atomic E-state index is 9.87. The Labute approximate surface area is 137 Å². The summed E-state index contributed by atoms with van der Waals surface area (Å²) in [6.07, 6.45) is 3.13. The molecule has 2 heterocycles. The summed E-state index contributed by atoms with van der Waals surface area (Å²) < 4.78 is 11.1. The number of ether oxygens (including phenoxy) is 2. The van der Waals surface area contributed by atoms with Crippen LogP contribution in [0.15, 0.2) is 55.0 Å². The Kier molecular flexibility index (Phi) is 3.35. The van der Waals surface area contributed by atoms with Crippen molar-refractivity contribution in [3.63, 3.8) is 0 Å². The molecular formula is C18H13N3O3. The Hall–Kier alpha value is -3.41. The first kappa shape index (κ1) is 14.2. The minimum Gasteiger partial charge on any atom is -0.504 e. The SMILES string of the molecule is COc1cc2c(Oc3ccc4cccnc4c3)ncnc2cc1O. The summed E-state index contributed by atoms with van der Waals surface area (Å²) in [6, 6.07) is 12.7. The van der Waals surface area contributed by atoms with E-state index in [9.17, 15) is 5.11 Å². The number of phenolic OH excluding ortho intramolecular Hbond substituents is 1. The Balaban J connectivity index is 1.80. The highest BCUT2D eigenvalue weighted by Crippen LogP contribution is 2.35. The van der Waals surface area contributed by atoms with Crippen molar-refractivity contribution in [3.8, 4) is 23.1 Å². The van der Waals surface area contributed by atoms with Gasteiger partial charge < -0.3 is 14.6 Å². The van der Waals surface area contributed by atoms with Crippen molar-refractivity contribution in [2.75, 3.05) is 7.11 Å². The molecule has 0 saturated carbocycles. The lowest BCUT2D eigenvalue weighted by atomic mass is 10.2. The fraction of sp³-hybridized carbons (Fsp3) is 0.0556. The zero-order valence-corrected chi connectivity index (χ0v) is 12.8. The first-order valence-electron chi connectivity index (χ1n) is 7.29. The maximum absolute atomic E-state index is 9.87. The highest BCUT2D eigenvalue weighted by Gasteiger charge is 2.11. The summed E-state index contributed by atoms with van der Waals surface area (Å²) in [5.74, 6) is 1.36. The van der Waals surface area contributed by atoms with E-state index in [0.717, 1.165) is 10.9 Å². The van der Waals surface area contributed by atoms with Crippen LogP contribution in [0.1, 0.15) is 0 Å². The maximum Gasteiger partial charge on any atom is 0.230 e. The van der Waals surface area contributed by atoms with Gasteiger partial charge in [-0.15, -0.1) is 0 Å². The van der Waals surface area contributed by atoms with Gasteiger partial charge in [0.25, 0.3) is 0 Å². The number of rotatable bonds is 3. The molecule has 6 heteroatoms. The van der Waals surface area contributed by atoms with Gasteiger partial charge in [-0.05, 0) is 24.3 Å².